The van der Waals surface area contributed by atoms with Gasteiger partial charge in [0, 0.05) is 12.7 Å². The van der Waals surface area contributed by atoms with Crippen LogP contribution in [0.25, 0.3) is 11.4 Å². The molecular formula is C27H32N4O5. The van der Waals surface area contributed by atoms with Gasteiger partial charge in [-0.1, -0.05) is 12.1 Å². The van der Waals surface area contributed by atoms with Crippen LogP contribution in [0.4, 0.5) is 0 Å². The normalized spacial score (nSPS) is 17.4. The van der Waals surface area contributed by atoms with Crippen LogP contribution >= 0.6 is 0 Å². The Hall–Kier alpha value is -3.85. The van der Waals surface area contributed by atoms with Gasteiger partial charge in [-0.05, 0) is 70.2 Å². The predicted molar refractivity (Wildman–Crippen MR) is 136 cm³/mol. The third-order valence-electron chi connectivity index (χ3n) is 6.51. The number of aromatic nitrogens is 2. The van der Waals surface area contributed by atoms with Crippen molar-refractivity contribution in [2.24, 2.45) is 0 Å². The van der Waals surface area contributed by atoms with Crippen LogP contribution in [0.1, 0.15) is 35.0 Å². The number of methoxy groups -OCH3 is 2. The average molecular weight is 493 g/mol. The van der Waals surface area contributed by atoms with Crippen molar-refractivity contribution in [3.63, 3.8) is 0 Å². The van der Waals surface area contributed by atoms with Crippen molar-refractivity contribution in [1.29, 1.82) is 0 Å². The molecule has 4 rings (SSSR count). The molecule has 1 aliphatic heterocycles. The van der Waals surface area contributed by atoms with Crippen LogP contribution in [-0.2, 0) is 9.59 Å². The van der Waals surface area contributed by atoms with Gasteiger partial charge < -0.3 is 24.4 Å². The Bertz CT molecular complexity index is 1360. The van der Waals surface area contributed by atoms with Gasteiger partial charge in [-0.25, -0.2) is 4.98 Å². The third kappa shape index (κ3) is 4.30. The molecule has 3 heterocycles. The molecule has 0 spiro atoms. The van der Waals surface area contributed by atoms with Crippen LogP contribution in [0.3, 0.4) is 0 Å². The summed E-state index contributed by atoms with van der Waals surface area (Å²) in [4.78, 5) is 34.8. The van der Waals surface area contributed by atoms with Crippen molar-refractivity contribution in [2.75, 3.05) is 41.4 Å². The molecule has 1 N–H and O–H groups in total. The number of fused-ring (bicyclic) bond motifs is 1. The number of rotatable bonds is 8. The fourth-order valence-electron chi connectivity index (χ4n) is 4.77. The molecule has 9 nitrogen and oxygen atoms in total. The molecule has 1 fully saturated rings. The maximum absolute atomic E-state index is 13.4. The quantitative estimate of drug-likeness (QED) is 0.293. The number of benzene rings is 1. The molecule has 3 aromatic rings. The van der Waals surface area contributed by atoms with E-state index >= 15 is 0 Å². The molecule has 1 saturated heterocycles. The number of ether oxygens (including phenoxy) is 2. The second kappa shape index (κ2) is 10.0. The van der Waals surface area contributed by atoms with E-state index in [-0.39, 0.29) is 11.3 Å². The van der Waals surface area contributed by atoms with Gasteiger partial charge in [-0.15, -0.1) is 0 Å². The van der Waals surface area contributed by atoms with Crippen LogP contribution in [0.15, 0.2) is 42.1 Å². The highest BCUT2D eigenvalue weighted by atomic mass is 16.5. The van der Waals surface area contributed by atoms with Gasteiger partial charge in [0.15, 0.2) is 17.3 Å². The van der Waals surface area contributed by atoms with Crippen molar-refractivity contribution in [2.45, 2.75) is 26.3 Å². The van der Waals surface area contributed by atoms with Gasteiger partial charge in [-0.3, -0.25) is 14.0 Å². The van der Waals surface area contributed by atoms with Gasteiger partial charge >= 0.3 is 0 Å². The van der Waals surface area contributed by atoms with E-state index in [4.69, 9.17) is 9.47 Å². The lowest BCUT2D eigenvalue weighted by Gasteiger charge is -2.26. The summed E-state index contributed by atoms with van der Waals surface area (Å²) < 4.78 is 12.6. The average Bonchev–Trinajstić information content (AvgIpc) is 3.32. The summed E-state index contributed by atoms with van der Waals surface area (Å²) >= 11 is 0. The molecule has 0 saturated carbocycles. The number of pyridine rings is 1. The largest absolute Gasteiger partial charge is 0.505 e. The SMILES string of the molecule is COc1ccc([C@H]2/C(=C(\O)c3c(C)nc4c(C)cccn34)C(=O)C(=O)N2CCCN(C)C)cc1OC. The van der Waals surface area contributed by atoms with Crippen molar-refractivity contribution < 1.29 is 24.2 Å². The maximum Gasteiger partial charge on any atom is 0.295 e. The number of Topliss-reactive ketones (excluding diaryl/α,β-unsaturated/α-hetero) is 1. The lowest BCUT2D eigenvalue weighted by atomic mass is 9.95. The highest BCUT2D eigenvalue weighted by Gasteiger charge is 2.46. The first kappa shape index (κ1) is 25.2. The monoisotopic (exact) mass is 492 g/mol. The minimum absolute atomic E-state index is 0.0310. The second-order valence-corrected chi connectivity index (χ2v) is 9.19. The molecule has 0 unspecified atom stereocenters. The molecule has 2 aromatic heterocycles. The highest BCUT2D eigenvalue weighted by Crippen LogP contribution is 2.42. The molecule has 0 bridgehead atoms. The van der Waals surface area contributed by atoms with E-state index in [1.165, 1.54) is 12.0 Å². The minimum atomic E-state index is -0.790. The van der Waals surface area contributed by atoms with Gasteiger partial charge in [0.1, 0.15) is 11.3 Å². The Morgan fingerprint density at radius 2 is 1.83 bits per heavy atom. The van der Waals surface area contributed by atoms with Gasteiger partial charge in [-0.2, -0.15) is 0 Å². The van der Waals surface area contributed by atoms with Crippen LogP contribution in [0.5, 0.6) is 11.5 Å². The number of nitrogens with zero attached hydrogens (tertiary/aromatic N) is 4. The van der Waals surface area contributed by atoms with Crippen molar-refractivity contribution >= 4 is 23.1 Å². The van der Waals surface area contributed by atoms with Crippen LogP contribution in [-0.4, -0.2) is 77.4 Å². The van der Waals surface area contributed by atoms with E-state index in [2.05, 4.69) is 4.98 Å². The molecule has 1 amide bonds. The van der Waals surface area contributed by atoms with Crippen LogP contribution in [0, 0.1) is 13.8 Å². The molecular weight excluding hydrogens is 460 g/mol. The standard InChI is InChI=1S/C27H32N4O5/c1-16-9-7-13-30-22(17(2)28-26(16)30)24(32)21-23(18-10-11-19(35-5)20(15-18)36-6)31(27(34)25(21)33)14-8-12-29(3)4/h7,9-11,13,15,23,32H,8,12,14H2,1-6H3/b24-21+/t23-/m0/s1. The zero-order valence-electron chi connectivity index (χ0n) is 21.5. The zero-order chi connectivity index (χ0) is 26.1. The molecule has 0 radical (unpaired) electrons. The topological polar surface area (TPSA) is 96.6 Å². The first-order valence-electron chi connectivity index (χ1n) is 11.8. The number of ketones is 1. The fraction of sp³-hybridized carbons (Fsp3) is 0.370. The summed E-state index contributed by atoms with van der Waals surface area (Å²) in [5, 5.41) is 11.6. The Kier molecular flexibility index (Phi) is 7.03. The first-order chi connectivity index (χ1) is 17.2. The predicted octanol–water partition coefficient (Wildman–Crippen LogP) is 3.34. The van der Waals surface area contributed by atoms with Crippen molar-refractivity contribution in [1.82, 2.24) is 19.2 Å². The summed E-state index contributed by atoms with van der Waals surface area (Å²) in [5.74, 6) is -0.620. The second-order valence-electron chi connectivity index (χ2n) is 9.19. The Morgan fingerprint density at radius 1 is 1.11 bits per heavy atom. The smallest absolute Gasteiger partial charge is 0.295 e. The molecule has 1 aromatic carbocycles. The van der Waals surface area contributed by atoms with Crippen molar-refractivity contribution in [3.05, 3.63) is 64.6 Å². The lowest BCUT2D eigenvalue weighted by Crippen LogP contribution is -2.32. The van der Waals surface area contributed by atoms with E-state index in [9.17, 15) is 14.7 Å². The van der Waals surface area contributed by atoms with E-state index < -0.39 is 17.7 Å². The summed E-state index contributed by atoms with van der Waals surface area (Å²) in [7, 11) is 6.98. The minimum Gasteiger partial charge on any atom is -0.505 e. The summed E-state index contributed by atoms with van der Waals surface area (Å²) in [6, 6.07) is 8.26. The number of amides is 1. The third-order valence-corrected chi connectivity index (χ3v) is 6.51. The Morgan fingerprint density at radius 3 is 2.50 bits per heavy atom. The van der Waals surface area contributed by atoms with Crippen LogP contribution < -0.4 is 9.47 Å². The first-order valence-corrected chi connectivity index (χ1v) is 11.8. The number of imidazole rings is 1. The molecule has 9 heteroatoms. The number of carbonyl (C=O) groups excluding carboxylic acids is 2. The summed E-state index contributed by atoms with van der Waals surface area (Å²) in [5.41, 5.74) is 3.24. The molecule has 190 valence electrons. The molecule has 0 aliphatic carbocycles. The van der Waals surface area contributed by atoms with Crippen LogP contribution in [0.2, 0.25) is 0 Å². The number of aryl methyl sites for hydroxylation is 2. The van der Waals surface area contributed by atoms with Crippen molar-refractivity contribution in [3.8, 4) is 11.5 Å². The molecule has 36 heavy (non-hydrogen) atoms. The van der Waals surface area contributed by atoms with E-state index in [0.29, 0.717) is 47.1 Å². The number of aliphatic hydroxyl groups excluding tert-OH is 1. The van der Waals surface area contributed by atoms with E-state index in [0.717, 1.165) is 12.1 Å². The number of hydrogen-bond donors (Lipinski definition) is 1. The van der Waals surface area contributed by atoms with E-state index in [1.807, 2.05) is 38.1 Å². The summed E-state index contributed by atoms with van der Waals surface area (Å²) in [6.45, 7) is 4.80. The van der Waals surface area contributed by atoms with Gasteiger partial charge in [0.05, 0.1) is 31.5 Å². The Balaban J connectivity index is 1.92. The van der Waals surface area contributed by atoms with E-state index in [1.54, 1.807) is 42.8 Å². The van der Waals surface area contributed by atoms with Gasteiger partial charge in [0.25, 0.3) is 11.7 Å². The summed E-state index contributed by atoms with van der Waals surface area (Å²) in [6.07, 6.45) is 2.45. The Labute approximate surface area is 210 Å². The highest BCUT2D eigenvalue weighted by molar-refractivity contribution is 6.46. The maximum atomic E-state index is 13.4. The number of likely N-dealkylation sites (tertiary alicyclic amines) is 1. The number of aliphatic hydroxyl groups is 1. The van der Waals surface area contributed by atoms with Gasteiger partial charge in [0.2, 0.25) is 0 Å². The molecule has 1 aliphatic rings. The fourth-order valence-corrected chi connectivity index (χ4v) is 4.77. The number of carbonyl (C=O) groups is 2. The molecule has 1 atom stereocenters. The lowest BCUT2D eigenvalue weighted by molar-refractivity contribution is -0.139. The zero-order valence-corrected chi connectivity index (χ0v) is 21.5. The number of hydrogen-bond acceptors (Lipinski definition) is 7.